The van der Waals surface area contributed by atoms with Crippen LogP contribution in [0.15, 0.2) is 29.1 Å². The number of nitrogens with zero attached hydrogens (tertiary/aromatic N) is 3. The maximum absolute atomic E-state index is 12.9. The number of methoxy groups -OCH3 is 1. The lowest BCUT2D eigenvalue weighted by atomic mass is 9.96. The van der Waals surface area contributed by atoms with Crippen molar-refractivity contribution in [3.8, 4) is 5.75 Å². The third-order valence-corrected chi connectivity index (χ3v) is 6.78. The number of hydrogen-bond donors (Lipinski definition) is 1. The molecule has 5 rings (SSSR count). The SMILES string of the molecule is COc1ccc(CN2CCCC(c3nc4c(c(=O)[nH]3)CN(C(=O)C3CC3)CC4)C2)cc1. The summed E-state index contributed by atoms with van der Waals surface area (Å²) in [6.07, 6.45) is 4.78. The van der Waals surface area contributed by atoms with Crippen molar-refractivity contribution < 1.29 is 9.53 Å². The molecule has 1 aromatic heterocycles. The van der Waals surface area contributed by atoms with Gasteiger partial charge < -0.3 is 14.6 Å². The lowest BCUT2D eigenvalue weighted by molar-refractivity contribution is -0.133. The summed E-state index contributed by atoms with van der Waals surface area (Å²) in [6.45, 7) is 3.90. The molecule has 0 bridgehead atoms. The first kappa shape index (κ1) is 20.2. The van der Waals surface area contributed by atoms with Crippen LogP contribution in [-0.4, -0.2) is 52.4 Å². The zero-order valence-electron chi connectivity index (χ0n) is 18.1. The molecule has 2 aliphatic heterocycles. The molecule has 1 saturated heterocycles. The number of ether oxygens (including phenoxy) is 1. The molecule has 1 amide bonds. The van der Waals surface area contributed by atoms with Gasteiger partial charge in [0, 0.05) is 37.9 Å². The maximum Gasteiger partial charge on any atom is 0.256 e. The topological polar surface area (TPSA) is 78.5 Å². The van der Waals surface area contributed by atoms with Gasteiger partial charge in [-0.3, -0.25) is 14.5 Å². The molecule has 164 valence electrons. The molecule has 2 aromatic rings. The Kier molecular flexibility index (Phi) is 5.52. The van der Waals surface area contributed by atoms with Crippen LogP contribution in [0.5, 0.6) is 5.75 Å². The second-order valence-corrected chi connectivity index (χ2v) is 9.08. The van der Waals surface area contributed by atoms with Crippen molar-refractivity contribution in [3.05, 3.63) is 57.3 Å². The van der Waals surface area contributed by atoms with Gasteiger partial charge in [-0.1, -0.05) is 12.1 Å². The largest absolute Gasteiger partial charge is 0.497 e. The Bertz CT molecular complexity index is 1010. The fourth-order valence-electron chi connectivity index (χ4n) is 4.83. The minimum absolute atomic E-state index is 0.0689. The van der Waals surface area contributed by atoms with Crippen LogP contribution in [0.3, 0.4) is 0 Å². The molecule has 2 fully saturated rings. The van der Waals surface area contributed by atoms with E-state index in [9.17, 15) is 9.59 Å². The van der Waals surface area contributed by atoms with Gasteiger partial charge in [0.25, 0.3) is 5.56 Å². The molecule has 1 aliphatic carbocycles. The Labute approximate surface area is 182 Å². The molecule has 31 heavy (non-hydrogen) atoms. The number of piperidine rings is 1. The van der Waals surface area contributed by atoms with Crippen LogP contribution in [0, 0.1) is 5.92 Å². The molecule has 0 radical (unpaired) electrons. The van der Waals surface area contributed by atoms with Gasteiger partial charge in [-0.15, -0.1) is 0 Å². The van der Waals surface area contributed by atoms with Crippen molar-refractivity contribution in [2.24, 2.45) is 5.92 Å². The van der Waals surface area contributed by atoms with Crippen LogP contribution in [0.2, 0.25) is 0 Å². The van der Waals surface area contributed by atoms with Crippen LogP contribution in [-0.2, 0) is 24.3 Å². The van der Waals surface area contributed by atoms with Gasteiger partial charge in [-0.25, -0.2) is 4.98 Å². The third-order valence-electron chi connectivity index (χ3n) is 6.78. The van der Waals surface area contributed by atoms with Crippen LogP contribution in [0.25, 0.3) is 0 Å². The lowest BCUT2D eigenvalue weighted by Gasteiger charge is -2.33. The van der Waals surface area contributed by atoms with Gasteiger partial charge in [0.2, 0.25) is 5.91 Å². The summed E-state index contributed by atoms with van der Waals surface area (Å²) in [4.78, 5) is 37.5. The fourth-order valence-corrected chi connectivity index (χ4v) is 4.83. The monoisotopic (exact) mass is 422 g/mol. The van der Waals surface area contributed by atoms with Gasteiger partial charge in [0.15, 0.2) is 0 Å². The summed E-state index contributed by atoms with van der Waals surface area (Å²) in [5, 5.41) is 0. The number of hydrogen-bond acceptors (Lipinski definition) is 5. The molecule has 1 atom stereocenters. The first-order chi connectivity index (χ1) is 15.1. The molecule has 3 aliphatic rings. The van der Waals surface area contributed by atoms with Crippen molar-refractivity contribution in [2.75, 3.05) is 26.7 Å². The molecule has 0 spiro atoms. The Morgan fingerprint density at radius 2 is 2.00 bits per heavy atom. The van der Waals surface area contributed by atoms with E-state index in [2.05, 4.69) is 22.0 Å². The first-order valence-electron chi connectivity index (χ1n) is 11.4. The van der Waals surface area contributed by atoms with E-state index >= 15 is 0 Å². The van der Waals surface area contributed by atoms with E-state index in [1.165, 1.54) is 5.56 Å². The highest BCUT2D eigenvalue weighted by atomic mass is 16.5. The molecule has 3 heterocycles. The molecule has 7 heteroatoms. The molecule has 1 N–H and O–H groups in total. The molecule has 7 nitrogen and oxygen atoms in total. The zero-order valence-corrected chi connectivity index (χ0v) is 18.1. The van der Waals surface area contributed by atoms with E-state index in [4.69, 9.17) is 9.72 Å². The highest BCUT2D eigenvalue weighted by molar-refractivity contribution is 5.81. The van der Waals surface area contributed by atoms with E-state index in [-0.39, 0.29) is 23.3 Å². The van der Waals surface area contributed by atoms with Crippen LogP contribution < -0.4 is 10.3 Å². The molecule has 1 aromatic carbocycles. The van der Waals surface area contributed by atoms with Crippen molar-refractivity contribution in [1.29, 1.82) is 0 Å². The maximum atomic E-state index is 12.9. The minimum atomic E-state index is -0.0689. The van der Waals surface area contributed by atoms with Crippen molar-refractivity contribution >= 4 is 5.91 Å². The first-order valence-corrected chi connectivity index (χ1v) is 11.4. The molecule has 1 saturated carbocycles. The average Bonchev–Trinajstić information content (AvgIpc) is 3.65. The second-order valence-electron chi connectivity index (χ2n) is 9.08. The van der Waals surface area contributed by atoms with E-state index in [0.29, 0.717) is 25.1 Å². The fraction of sp³-hybridized carbons (Fsp3) is 0.542. The Hall–Kier alpha value is -2.67. The summed E-state index contributed by atoms with van der Waals surface area (Å²) < 4.78 is 5.25. The highest BCUT2D eigenvalue weighted by Crippen LogP contribution is 2.32. The number of amides is 1. The number of nitrogens with one attached hydrogen (secondary N) is 1. The predicted octanol–water partition coefficient (Wildman–Crippen LogP) is 2.45. The predicted molar refractivity (Wildman–Crippen MR) is 117 cm³/mol. The molecule has 1 unspecified atom stereocenters. The van der Waals surface area contributed by atoms with E-state index in [1.807, 2.05) is 17.0 Å². The number of H-pyrrole nitrogens is 1. The lowest BCUT2D eigenvalue weighted by Crippen LogP contribution is -2.41. The third kappa shape index (κ3) is 4.37. The number of carbonyl (C=O) groups excluding carboxylic acids is 1. The van der Waals surface area contributed by atoms with Crippen LogP contribution in [0.4, 0.5) is 0 Å². The number of benzene rings is 1. The second kappa shape index (κ2) is 8.46. The van der Waals surface area contributed by atoms with E-state index in [0.717, 1.165) is 62.6 Å². The quantitative estimate of drug-likeness (QED) is 0.801. The van der Waals surface area contributed by atoms with Crippen LogP contribution in [0.1, 0.15) is 54.2 Å². The van der Waals surface area contributed by atoms with E-state index in [1.54, 1.807) is 7.11 Å². The Morgan fingerprint density at radius 1 is 1.19 bits per heavy atom. The molecular weight excluding hydrogens is 392 g/mol. The normalized spacial score (nSPS) is 21.6. The highest BCUT2D eigenvalue weighted by Gasteiger charge is 2.35. The van der Waals surface area contributed by atoms with Gasteiger partial charge in [-0.2, -0.15) is 0 Å². The van der Waals surface area contributed by atoms with Crippen molar-refractivity contribution in [2.45, 2.75) is 51.1 Å². The van der Waals surface area contributed by atoms with Gasteiger partial charge in [0.1, 0.15) is 11.6 Å². The number of likely N-dealkylation sites (tertiary alicyclic amines) is 1. The average molecular weight is 423 g/mol. The molecular formula is C24H30N4O3. The summed E-state index contributed by atoms with van der Waals surface area (Å²) in [6, 6.07) is 8.21. The summed E-state index contributed by atoms with van der Waals surface area (Å²) in [7, 11) is 1.68. The minimum Gasteiger partial charge on any atom is -0.497 e. The zero-order chi connectivity index (χ0) is 21.4. The number of aromatic nitrogens is 2. The number of fused-ring (bicyclic) bond motifs is 1. The Balaban J connectivity index is 1.28. The summed E-state index contributed by atoms with van der Waals surface area (Å²) in [5.41, 5.74) is 2.75. The van der Waals surface area contributed by atoms with Crippen LogP contribution >= 0.6 is 0 Å². The van der Waals surface area contributed by atoms with Gasteiger partial charge in [0.05, 0.1) is 24.9 Å². The summed E-state index contributed by atoms with van der Waals surface area (Å²) in [5.74, 6) is 2.30. The summed E-state index contributed by atoms with van der Waals surface area (Å²) >= 11 is 0. The number of carbonyl (C=O) groups is 1. The number of aromatic amines is 1. The van der Waals surface area contributed by atoms with Crippen molar-refractivity contribution in [1.82, 2.24) is 19.8 Å². The van der Waals surface area contributed by atoms with Gasteiger partial charge >= 0.3 is 0 Å². The van der Waals surface area contributed by atoms with Crippen molar-refractivity contribution in [3.63, 3.8) is 0 Å². The standard InChI is InChI=1S/C24H30N4O3/c1-31-19-8-4-16(5-9-19)13-27-11-2-3-18(14-27)22-25-21-10-12-28(24(30)17-6-7-17)15-20(21)23(29)26-22/h4-5,8-9,17-18H,2-3,6-7,10-15H2,1H3,(H,25,26,29). The number of rotatable bonds is 5. The Morgan fingerprint density at radius 3 is 2.74 bits per heavy atom. The van der Waals surface area contributed by atoms with Gasteiger partial charge in [-0.05, 0) is 49.9 Å². The van der Waals surface area contributed by atoms with E-state index < -0.39 is 0 Å². The smallest absolute Gasteiger partial charge is 0.256 e.